The van der Waals surface area contributed by atoms with E-state index in [-0.39, 0.29) is 28.8 Å². The van der Waals surface area contributed by atoms with Crippen molar-refractivity contribution in [1.29, 1.82) is 0 Å². The quantitative estimate of drug-likeness (QED) is 0.336. The Bertz CT molecular complexity index is 1550. The zero-order chi connectivity index (χ0) is 31.8. The molecule has 0 spiro atoms. The van der Waals surface area contributed by atoms with Crippen molar-refractivity contribution >= 4 is 9.92 Å². The Morgan fingerprint density at radius 2 is 1.84 bits per heavy atom. The van der Waals surface area contributed by atoms with Crippen LogP contribution >= 0.6 is 0 Å². The number of hydrogen-bond acceptors (Lipinski definition) is 10. The van der Waals surface area contributed by atoms with Gasteiger partial charge in [-0.2, -0.15) is 0 Å². The molecule has 242 valence electrons. The summed E-state index contributed by atoms with van der Waals surface area (Å²) in [6.45, 7) is 4.53. The molecule has 2 aliphatic rings. The molecule has 44 heavy (non-hydrogen) atoms. The molecule has 4 heterocycles. The molecule has 0 amide bonds. The molecular weight excluding hydrogens is 605 g/mol. The Morgan fingerprint density at radius 1 is 1.16 bits per heavy atom. The highest BCUT2D eigenvalue weighted by molar-refractivity contribution is 7.91. The molecule has 12 nitrogen and oxygen atoms in total. The van der Waals surface area contributed by atoms with Gasteiger partial charge in [0.05, 0.1) is 29.9 Å². The van der Waals surface area contributed by atoms with E-state index in [1.807, 2.05) is 24.2 Å². The molecule has 2 saturated heterocycles. The van der Waals surface area contributed by atoms with Crippen LogP contribution in [0.4, 0.5) is 13.2 Å². The van der Waals surface area contributed by atoms with Crippen molar-refractivity contribution in [3.63, 3.8) is 0 Å². The third kappa shape index (κ3) is 6.15. The fourth-order valence-corrected chi connectivity index (χ4v) is 8.02. The topological polar surface area (TPSA) is 148 Å². The van der Waals surface area contributed by atoms with Gasteiger partial charge in [0.15, 0.2) is 17.5 Å². The first kappa shape index (κ1) is 32.5. The fraction of sp³-hybridized carbons (Fsp3) is 0.607. The number of hydrogen-bond donors (Lipinski definition) is 2. The summed E-state index contributed by atoms with van der Waals surface area (Å²) in [7, 11) is 0.575. The summed E-state index contributed by atoms with van der Waals surface area (Å²) < 4.78 is 79.3. The van der Waals surface area contributed by atoms with Crippen molar-refractivity contribution in [2.45, 2.75) is 74.7 Å². The Morgan fingerprint density at radius 3 is 2.43 bits per heavy atom. The first-order valence-electron chi connectivity index (χ1n) is 14.4. The van der Waals surface area contributed by atoms with Gasteiger partial charge in [-0.1, -0.05) is 10.4 Å². The van der Waals surface area contributed by atoms with Gasteiger partial charge in [0, 0.05) is 51.2 Å². The lowest BCUT2D eigenvalue weighted by Gasteiger charge is -2.43. The van der Waals surface area contributed by atoms with Crippen molar-refractivity contribution in [3.05, 3.63) is 53.3 Å². The van der Waals surface area contributed by atoms with E-state index in [0.29, 0.717) is 24.5 Å². The minimum atomic E-state index is -2.45. The van der Waals surface area contributed by atoms with Crippen LogP contribution in [0.3, 0.4) is 0 Å². The van der Waals surface area contributed by atoms with Gasteiger partial charge in [-0.15, -0.1) is 5.10 Å². The monoisotopic (exact) mass is 642 g/mol. The highest BCUT2D eigenvalue weighted by atomic mass is 32.2. The largest absolute Gasteiger partial charge is 0.394 e. The molecule has 0 bridgehead atoms. The van der Waals surface area contributed by atoms with Crippen molar-refractivity contribution in [1.82, 2.24) is 24.5 Å². The van der Waals surface area contributed by atoms with Gasteiger partial charge in [0.25, 0.3) is 0 Å². The molecule has 6 atom stereocenters. The van der Waals surface area contributed by atoms with Crippen molar-refractivity contribution < 1.29 is 41.6 Å². The van der Waals surface area contributed by atoms with Gasteiger partial charge in [-0.05, 0) is 38.8 Å². The molecule has 2 aromatic heterocycles. The Kier molecular flexibility index (Phi) is 9.77. The molecule has 3 aromatic rings. The molecule has 0 aliphatic carbocycles. The van der Waals surface area contributed by atoms with Gasteiger partial charge in [-0.25, -0.2) is 30.7 Å². The molecular formula is C28H37F3N6O6S. The van der Waals surface area contributed by atoms with Crippen LogP contribution in [0.15, 0.2) is 33.3 Å². The van der Waals surface area contributed by atoms with Gasteiger partial charge in [-0.3, -0.25) is 0 Å². The lowest BCUT2D eigenvalue weighted by molar-refractivity contribution is -0.212. The summed E-state index contributed by atoms with van der Waals surface area (Å²) in [5.41, 5.74) is 0.569. The summed E-state index contributed by atoms with van der Waals surface area (Å²) in [5.74, 6) is -3.57. The highest BCUT2D eigenvalue weighted by Gasteiger charge is 2.47. The van der Waals surface area contributed by atoms with Crippen molar-refractivity contribution in [2.75, 3.05) is 33.9 Å². The predicted octanol–water partition coefficient (Wildman–Crippen LogP) is 2.87. The van der Waals surface area contributed by atoms with Crippen LogP contribution in [-0.2, 0) is 25.8 Å². The Hall–Kier alpha value is -2.89. The van der Waals surface area contributed by atoms with Crippen LogP contribution in [0.2, 0.25) is 0 Å². The average Bonchev–Trinajstić information content (AvgIpc) is 3.70. The number of aliphatic hydroxyl groups is 2. The lowest BCUT2D eigenvalue weighted by Crippen LogP contribution is -2.57. The van der Waals surface area contributed by atoms with E-state index in [0.717, 1.165) is 25.0 Å². The second kappa shape index (κ2) is 13.2. The minimum Gasteiger partial charge on any atom is -0.394 e. The minimum absolute atomic E-state index is 0.0393. The number of aromatic nitrogens is 4. The number of benzene rings is 1. The zero-order valence-corrected chi connectivity index (χ0v) is 25.7. The zero-order valence-electron chi connectivity index (χ0n) is 24.8. The highest BCUT2D eigenvalue weighted by Crippen LogP contribution is 2.36. The van der Waals surface area contributed by atoms with E-state index >= 15 is 0 Å². The number of ether oxygens (including phenoxy) is 2. The van der Waals surface area contributed by atoms with Crippen LogP contribution in [0.5, 0.6) is 0 Å². The third-order valence-electron chi connectivity index (χ3n) is 8.42. The summed E-state index contributed by atoms with van der Waals surface area (Å²) in [6.07, 6.45) is -0.793. The van der Waals surface area contributed by atoms with Crippen LogP contribution < -0.4 is 0 Å². The maximum Gasteiger partial charge on any atom is 0.194 e. The summed E-state index contributed by atoms with van der Waals surface area (Å²) in [4.78, 5) is 0. The first-order chi connectivity index (χ1) is 21.0. The second-order valence-corrected chi connectivity index (χ2v) is 14.2. The smallest absolute Gasteiger partial charge is 0.194 e. The normalized spacial score (nSPS) is 26.6. The van der Waals surface area contributed by atoms with Crippen molar-refractivity contribution in [2.24, 2.45) is 4.36 Å². The first-order valence-corrected chi connectivity index (χ1v) is 15.9. The van der Waals surface area contributed by atoms with Crippen molar-refractivity contribution in [3.8, 4) is 11.3 Å². The fourth-order valence-electron chi connectivity index (χ4n) is 6.04. The van der Waals surface area contributed by atoms with E-state index in [2.05, 4.69) is 19.8 Å². The number of rotatable bonds is 9. The molecule has 5 rings (SSSR count). The molecule has 0 saturated carbocycles. The maximum atomic E-state index is 13.8. The Balaban J connectivity index is 1.32. The molecule has 0 radical (unpaired) electrons. The molecule has 0 unspecified atom stereocenters. The van der Waals surface area contributed by atoms with Gasteiger partial charge in [0.1, 0.15) is 45.7 Å². The third-order valence-corrected chi connectivity index (χ3v) is 11.3. The summed E-state index contributed by atoms with van der Waals surface area (Å²) in [6, 6.07) is 2.53. The Labute approximate surface area is 253 Å². The molecule has 16 heteroatoms. The lowest BCUT2D eigenvalue weighted by atomic mass is 9.90. The van der Waals surface area contributed by atoms with Crippen LogP contribution in [0.1, 0.15) is 50.1 Å². The number of aliphatic hydroxyl groups excluding tert-OH is 2. The van der Waals surface area contributed by atoms with Crippen LogP contribution in [0, 0.1) is 17.5 Å². The molecule has 2 fully saturated rings. The second-order valence-electron chi connectivity index (χ2n) is 11.3. The van der Waals surface area contributed by atoms with E-state index in [1.165, 1.54) is 18.0 Å². The molecule has 2 aliphatic heterocycles. The number of piperidine rings is 1. The predicted molar refractivity (Wildman–Crippen MR) is 152 cm³/mol. The average molecular weight is 643 g/mol. The SMILES string of the molecule is CN=[S@@](=O)(C(C)C)N1CCC(c2cc(C[C@H]3O[C@H](CO)[C@H](O)[C@H](n4cc(-c5cc(F)c(F)c(F)c5)nn4)[C@H]3OC)no2)CC1. The molecule has 1 aromatic carbocycles. The van der Waals surface area contributed by atoms with Crippen LogP contribution in [0.25, 0.3) is 11.3 Å². The molecule has 2 N–H and O–H groups in total. The maximum absolute atomic E-state index is 13.8. The van der Waals surface area contributed by atoms with E-state index in [1.54, 1.807) is 7.05 Å². The van der Waals surface area contributed by atoms with Crippen LogP contribution in [-0.4, -0.2) is 102 Å². The number of halogens is 3. The summed E-state index contributed by atoms with van der Waals surface area (Å²) >= 11 is 0. The van der Waals surface area contributed by atoms with E-state index in [4.69, 9.17) is 14.0 Å². The van der Waals surface area contributed by atoms with E-state index < -0.39 is 64.4 Å². The number of nitrogens with zero attached hydrogens (tertiary/aromatic N) is 6. The number of methoxy groups -OCH3 is 1. The van der Waals surface area contributed by atoms with E-state index in [9.17, 15) is 27.6 Å². The van der Waals surface area contributed by atoms with Gasteiger partial charge < -0.3 is 24.2 Å². The van der Waals surface area contributed by atoms with Gasteiger partial charge >= 0.3 is 0 Å². The standard InChI is InChI=1S/C28H37F3N6O6S/c1-15(2)44(40,32-3)36-7-5-16(6-8-36)22-11-18(34-43-22)12-23-28(41-4)26(27(39)24(14-38)42-23)37-13-21(33-35-37)17-9-19(29)25(31)20(30)10-17/h9-11,13,15-16,23-24,26-28,38-39H,5-8,12,14H2,1-4H3/t23-,24-,26+,27+,28+,44+/m1/s1. The van der Waals surface area contributed by atoms with Gasteiger partial charge in [0.2, 0.25) is 0 Å². The summed E-state index contributed by atoms with van der Waals surface area (Å²) in [5, 5.41) is 33.2.